The summed E-state index contributed by atoms with van der Waals surface area (Å²) in [4.78, 5) is 5.17. The Morgan fingerprint density at radius 2 is 2.38 bits per heavy atom. The van der Waals surface area contributed by atoms with Crippen LogP contribution in [0.1, 0.15) is 18.9 Å². The van der Waals surface area contributed by atoms with E-state index in [1.54, 1.807) is 12.1 Å². The van der Waals surface area contributed by atoms with Crippen molar-refractivity contribution in [1.29, 1.82) is 0 Å². The predicted molar refractivity (Wildman–Crippen MR) is 65.4 cm³/mol. The van der Waals surface area contributed by atoms with E-state index in [1.165, 1.54) is 6.07 Å². The molecule has 2 unspecified atom stereocenters. The maximum absolute atomic E-state index is 13.3. The SMILES string of the molecule is CC(Cl)C1CC(c2ccc(Br)c(F)c2)=NO1. The minimum atomic E-state index is -0.303. The van der Waals surface area contributed by atoms with E-state index in [4.69, 9.17) is 16.4 Å². The molecule has 1 aromatic rings. The number of nitrogens with zero attached hydrogens (tertiary/aromatic N) is 1. The highest BCUT2D eigenvalue weighted by molar-refractivity contribution is 9.10. The molecule has 0 aliphatic carbocycles. The van der Waals surface area contributed by atoms with Crippen LogP contribution in [-0.4, -0.2) is 17.2 Å². The van der Waals surface area contributed by atoms with E-state index in [-0.39, 0.29) is 17.3 Å². The average Bonchev–Trinajstić information content (AvgIpc) is 2.71. The third-order valence-electron chi connectivity index (χ3n) is 2.46. The minimum Gasteiger partial charge on any atom is -0.390 e. The predicted octanol–water partition coefficient (Wildman–Crippen LogP) is 3.71. The number of rotatable bonds is 2. The van der Waals surface area contributed by atoms with Gasteiger partial charge >= 0.3 is 0 Å². The van der Waals surface area contributed by atoms with E-state index in [9.17, 15) is 4.39 Å². The highest BCUT2D eigenvalue weighted by Gasteiger charge is 2.26. The number of alkyl halides is 1. The molecular weight excluding hydrogens is 296 g/mol. The fourth-order valence-corrected chi connectivity index (χ4v) is 1.87. The van der Waals surface area contributed by atoms with Gasteiger partial charge < -0.3 is 4.84 Å². The molecule has 0 fully saturated rings. The Kier molecular flexibility index (Phi) is 3.50. The molecule has 86 valence electrons. The Morgan fingerprint density at radius 1 is 1.62 bits per heavy atom. The summed E-state index contributed by atoms with van der Waals surface area (Å²) in [5, 5.41) is 3.82. The van der Waals surface area contributed by atoms with Crippen molar-refractivity contribution in [3.63, 3.8) is 0 Å². The summed E-state index contributed by atoms with van der Waals surface area (Å²) in [5.41, 5.74) is 1.48. The fraction of sp³-hybridized carbons (Fsp3) is 0.364. The Morgan fingerprint density at radius 3 is 2.94 bits per heavy atom. The molecule has 0 radical (unpaired) electrons. The average molecular weight is 307 g/mol. The Labute approximate surface area is 107 Å². The van der Waals surface area contributed by atoms with E-state index in [0.717, 1.165) is 11.3 Å². The molecule has 1 aliphatic rings. The van der Waals surface area contributed by atoms with Crippen LogP contribution < -0.4 is 0 Å². The van der Waals surface area contributed by atoms with Crippen molar-refractivity contribution >= 4 is 33.2 Å². The van der Waals surface area contributed by atoms with Gasteiger partial charge in [0, 0.05) is 12.0 Å². The molecule has 0 aromatic heterocycles. The number of hydrogen-bond acceptors (Lipinski definition) is 2. The normalized spacial score (nSPS) is 21.5. The van der Waals surface area contributed by atoms with Gasteiger partial charge in [0.05, 0.1) is 15.6 Å². The second-order valence-electron chi connectivity index (χ2n) is 3.69. The lowest BCUT2D eigenvalue weighted by atomic mass is 10.0. The van der Waals surface area contributed by atoms with Crippen molar-refractivity contribution in [3.05, 3.63) is 34.1 Å². The van der Waals surface area contributed by atoms with Gasteiger partial charge in [-0.3, -0.25) is 0 Å². The van der Waals surface area contributed by atoms with Crippen molar-refractivity contribution in [2.45, 2.75) is 24.8 Å². The number of halogens is 3. The molecule has 16 heavy (non-hydrogen) atoms. The highest BCUT2D eigenvalue weighted by Crippen LogP contribution is 2.24. The van der Waals surface area contributed by atoms with Gasteiger partial charge in [-0.05, 0) is 35.0 Å². The Hall–Kier alpha value is -0.610. The van der Waals surface area contributed by atoms with Crippen LogP contribution in [0.3, 0.4) is 0 Å². The summed E-state index contributed by atoms with van der Waals surface area (Å²) in [7, 11) is 0. The lowest BCUT2D eigenvalue weighted by molar-refractivity contribution is 0.0855. The maximum atomic E-state index is 13.3. The van der Waals surface area contributed by atoms with Crippen LogP contribution in [0, 0.1) is 5.82 Å². The van der Waals surface area contributed by atoms with Gasteiger partial charge in [0.2, 0.25) is 0 Å². The first-order valence-corrected chi connectivity index (χ1v) is 6.13. The molecule has 2 rings (SSSR count). The zero-order valence-corrected chi connectivity index (χ0v) is 10.9. The van der Waals surface area contributed by atoms with E-state index in [0.29, 0.717) is 10.9 Å². The first kappa shape index (κ1) is 11.9. The molecule has 1 aromatic carbocycles. The van der Waals surface area contributed by atoms with Crippen molar-refractivity contribution < 1.29 is 9.23 Å². The maximum Gasteiger partial charge on any atom is 0.149 e. The third-order valence-corrected chi connectivity index (χ3v) is 3.38. The Balaban J connectivity index is 2.18. The smallest absolute Gasteiger partial charge is 0.149 e. The van der Waals surface area contributed by atoms with E-state index in [1.807, 2.05) is 6.92 Å². The summed E-state index contributed by atoms with van der Waals surface area (Å²) in [5.74, 6) is -0.303. The van der Waals surface area contributed by atoms with Gasteiger partial charge in [0.1, 0.15) is 11.9 Å². The molecule has 2 nitrogen and oxygen atoms in total. The molecule has 0 saturated carbocycles. The van der Waals surface area contributed by atoms with Crippen LogP contribution in [0.5, 0.6) is 0 Å². The van der Waals surface area contributed by atoms with Crippen molar-refractivity contribution in [3.8, 4) is 0 Å². The minimum absolute atomic E-state index is 0.110. The van der Waals surface area contributed by atoms with Gasteiger partial charge in [-0.15, -0.1) is 11.6 Å². The summed E-state index contributed by atoms with van der Waals surface area (Å²) in [6.45, 7) is 1.85. The molecule has 1 aliphatic heterocycles. The monoisotopic (exact) mass is 305 g/mol. The van der Waals surface area contributed by atoms with Crippen molar-refractivity contribution in [2.24, 2.45) is 5.16 Å². The zero-order valence-electron chi connectivity index (χ0n) is 8.58. The Bertz CT molecular complexity index is 436. The summed E-state index contributed by atoms with van der Waals surface area (Å²) < 4.78 is 13.8. The molecular formula is C11H10BrClFNO. The first-order chi connectivity index (χ1) is 7.58. The number of oxime groups is 1. The molecule has 0 amide bonds. The standard InChI is InChI=1S/C11H10BrClFNO/c1-6(13)11-5-10(15-16-11)7-2-3-8(12)9(14)4-7/h2-4,6,11H,5H2,1H3. The lowest BCUT2D eigenvalue weighted by Gasteiger charge is -2.09. The van der Waals surface area contributed by atoms with Gasteiger partial charge in [-0.25, -0.2) is 4.39 Å². The molecule has 5 heteroatoms. The van der Waals surface area contributed by atoms with E-state index < -0.39 is 0 Å². The second-order valence-corrected chi connectivity index (χ2v) is 5.24. The van der Waals surface area contributed by atoms with Crippen molar-refractivity contribution in [2.75, 3.05) is 0 Å². The molecule has 0 bridgehead atoms. The zero-order chi connectivity index (χ0) is 11.7. The van der Waals surface area contributed by atoms with Crippen LogP contribution in [0.25, 0.3) is 0 Å². The van der Waals surface area contributed by atoms with E-state index >= 15 is 0 Å². The molecule has 0 saturated heterocycles. The van der Waals surface area contributed by atoms with Gasteiger partial charge in [0.25, 0.3) is 0 Å². The van der Waals surface area contributed by atoms with E-state index in [2.05, 4.69) is 21.1 Å². The topological polar surface area (TPSA) is 21.6 Å². The van der Waals surface area contributed by atoms with Gasteiger partial charge in [-0.1, -0.05) is 11.2 Å². The highest BCUT2D eigenvalue weighted by atomic mass is 79.9. The summed E-state index contributed by atoms with van der Waals surface area (Å²) >= 11 is 9.02. The second kappa shape index (κ2) is 4.72. The summed E-state index contributed by atoms with van der Waals surface area (Å²) in [6.07, 6.45) is 0.495. The van der Waals surface area contributed by atoms with Crippen LogP contribution in [0.2, 0.25) is 0 Å². The van der Waals surface area contributed by atoms with Crippen LogP contribution >= 0.6 is 27.5 Å². The van der Waals surface area contributed by atoms with Crippen molar-refractivity contribution in [1.82, 2.24) is 0 Å². The molecule has 1 heterocycles. The fourth-order valence-electron chi connectivity index (χ4n) is 1.49. The lowest BCUT2D eigenvalue weighted by Crippen LogP contribution is -2.18. The van der Waals surface area contributed by atoms with Gasteiger partial charge in [0.15, 0.2) is 0 Å². The third kappa shape index (κ3) is 2.38. The summed E-state index contributed by atoms with van der Waals surface area (Å²) in [6, 6.07) is 4.90. The number of benzene rings is 1. The van der Waals surface area contributed by atoms with Crippen LogP contribution in [-0.2, 0) is 4.84 Å². The largest absolute Gasteiger partial charge is 0.390 e. The molecule has 0 spiro atoms. The molecule has 0 N–H and O–H groups in total. The first-order valence-electron chi connectivity index (χ1n) is 4.90. The van der Waals surface area contributed by atoms with Crippen LogP contribution in [0.15, 0.2) is 27.8 Å². The number of hydrogen-bond donors (Lipinski definition) is 0. The quantitative estimate of drug-likeness (QED) is 0.763. The van der Waals surface area contributed by atoms with Crippen LogP contribution in [0.4, 0.5) is 4.39 Å². The molecule has 2 atom stereocenters. The van der Waals surface area contributed by atoms with Gasteiger partial charge in [-0.2, -0.15) is 0 Å².